The van der Waals surface area contributed by atoms with Gasteiger partial charge in [0.2, 0.25) is 5.91 Å². The van der Waals surface area contributed by atoms with Gasteiger partial charge in [0.25, 0.3) is 0 Å². The number of hydrogen-bond donors (Lipinski definition) is 0. The van der Waals surface area contributed by atoms with E-state index in [2.05, 4.69) is 19.4 Å². The quantitative estimate of drug-likeness (QED) is 0.796. The number of piperidine rings is 1. The van der Waals surface area contributed by atoms with Gasteiger partial charge >= 0.3 is 0 Å². The topological polar surface area (TPSA) is 63.5 Å². The van der Waals surface area contributed by atoms with Crippen molar-refractivity contribution in [2.75, 3.05) is 45.9 Å². The molecule has 27 heavy (non-hydrogen) atoms. The number of hydrogen-bond acceptors (Lipinski definition) is 5. The monoisotopic (exact) mass is 369 g/mol. The Labute approximate surface area is 160 Å². The van der Waals surface area contributed by atoms with Crippen molar-refractivity contribution in [2.45, 2.75) is 25.3 Å². The van der Waals surface area contributed by atoms with E-state index in [1.807, 2.05) is 41.8 Å². The zero-order valence-corrected chi connectivity index (χ0v) is 15.7. The van der Waals surface area contributed by atoms with Gasteiger partial charge in [-0.25, -0.2) is 4.98 Å². The summed E-state index contributed by atoms with van der Waals surface area (Å²) in [6, 6.07) is 4.06. The van der Waals surface area contributed by atoms with Gasteiger partial charge in [0.05, 0.1) is 19.8 Å². The number of carbonyl (C=O) groups excluding carboxylic acids is 1. The summed E-state index contributed by atoms with van der Waals surface area (Å²) in [5.74, 6) is 1.61. The Bertz CT molecular complexity index is 742. The summed E-state index contributed by atoms with van der Waals surface area (Å²) < 4.78 is 7.58. The van der Waals surface area contributed by atoms with Crippen molar-refractivity contribution in [3.8, 4) is 0 Å². The Morgan fingerprint density at radius 3 is 2.78 bits per heavy atom. The number of morpholine rings is 1. The van der Waals surface area contributed by atoms with Crippen LogP contribution in [0.4, 0.5) is 0 Å². The zero-order valence-electron chi connectivity index (χ0n) is 15.7. The van der Waals surface area contributed by atoms with Crippen molar-refractivity contribution >= 4 is 5.91 Å². The number of amides is 1. The smallest absolute Gasteiger partial charge is 0.236 e. The maximum atomic E-state index is 12.8. The molecule has 2 aromatic rings. The average Bonchev–Trinajstić information content (AvgIpc) is 3.18. The highest BCUT2D eigenvalue weighted by atomic mass is 16.5. The third-order valence-electron chi connectivity index (χ3n) is 5.45. The van der Waals surface area contributed by atoms with Crippen LogP contribution in [0.15, 0.2) is 36.9 Å². The third kappa shape index (κ3) is 4.54. The molecule has 7 nitrogen and oxygen atoms in total. The Morgan fingerprint density at radius 1 is 1.15 bits per heavy atom. The highest BCUT2D eigenvalue weighted by Crippen LogP contribution is 2.26. The third-order valence-corrected chi connectivity index (χ3v) is 5.45. The second-order valence-electron chi connectivity index (χ2n) is 7.34. The highest BCUT2D eigenvalue weighted by Gasteiger charge is 2.28. The van der Waals surface area contributed by atoms with Gasteiger partial charge in [-0.2, -0.15) is 0 Å². The molecule has 0 bridgehead atoms. The lowest BCUT2D eigenvalue weighted by molar-refractivity contribution is -0.134. The summed E-state index contributed by atoms with van der Waals surface area (Å²) in [7, 11) is 0. The standard InChI is InChI=1S/C20H27N5O2/c26-19(16-23-10-12-27-13-11-23)24-8-1-2-18(15-24)20-22-7-9-25(20)14-17-3-5-21-6-4-17/h3-7,9,18H,1-2,8,10-16H2. The summed E-state index contributed by atoms with van der Waals surface area (Å²) in [5, 5.41) is 0. The molecule has 1 unspecified atom stereocenters. The van der Waals surface area contributed by atoms with Gasteiger partial charge in [0.1, 0.15) is 5.82 Å². The Balaban J connectivity index is 1.39. The molecule has 1 amide bonds. The molecule has 0 spiro atoms. The molecule has 0 N–H and O–H groups in total. The minimum atomic E-state index is 0.230. The van der Waals surface area contributed by atoms with Crippen LogP contribution in [0, 0.1) is 0 Å². The van der Waals surface area contributed by atoms with E-state index in [0.29, 0.717) is 12.5 Å². The number of imidazole rings is 1. The first kappa shape index (κ1) is 18.1. The SMILES string of the molecule is O=C(CN1CCOCC1)N1CCCC(c2nccn2Cc2ccncc2)C1. The first-order valence-corrected chi connectivity index (χ1v) is 9.77. The second kappa shape index (κ2) is 8.63. The van der Waals surface area contributed by atoms with Crippen LogP contribution in [0.2, 0.25) is 0 Å². The van der Waals surface area contributed by atoms with Gasteiger partial charge in [-0.05, 0) is 30.5 Å². The number of ether oxygens (including phenoxy) is 1. The summed E-state index contributed by atoms with van der Waals surface area (Å²) in [5.41, 5.74) is 1.21. The largest absolute Gasteiger partial charge is 0.379 e. The van der Waals surface area contributed by atoms with Crippen molar-refractivity contribution in [3.05, 3.63) is 48.3 Å². The molecule has 2 aromatic heterocycles. The zero-order chi connectivity index (χ0) is 18.5. The van der Waals surface area contributed by atoms with Crippen molar-refractivity contribution in [1.29, 1.82) is 0 Å². The maximum Gasteiger partial charge on any atom is 0.236 e. The predicted molar refractivity (Wildman–Crippen MR) is 101 cm³/mol. The fourth-order valence-corrected chi connectivity index (χ4v) is 3.96. The van der Waals surface area contributed by atoms with Gasteiger partial charge in [0, 0.05) is 63.4 Å². The summed E-state index contributed by atoms with van der Waals surface area (Å²) in [6.07, 6.45) is 9.64. The molecule has 1 atom stereocenters. The lowest BCUT2D eigenvalue weighted by atomic mass is 9.97. The number of carbonyl (C=O) groups is 1. The van der Waals surface area contributed by atoms with Crippen LogP contribution in [-0.4, -0.2) is 76.2 Å². The van der Waals surface area contributed by atoms with Crippen molar-refractivity contribution < 1.29 is 9.53 Å². The Kier molecular flexibility index (Phi) is 5.79. The fraction of sp³-hybridized carbons (Fsp3) is 0.550. The van der Waals surface area contributed by atoms with Crippen LogP contribution in [0.1, 0.15) is 30.1 Å². The first-order valence-electron chi connectivity index (χ1n) is 9.77. The van der Waals surface area contributed by atoms with Gasteiger partial charge in [-0.15, -0.1) is 0 Å². The van der Waals surface area contributed by atoms with Crippen LogP contribution in [-0.2, 0) is 16.1 Å². The molecule has 2 aliphatic rings. The van der Waals surface area contributed by atoms with Crippen molar-refractivity contribution in [3.63, 3.8) is 0 Å². The average molecular weight is 369 g/mol. The lowest BCUT2D eigenvalue weighted by Gasteiger charge is -2.35. The molecule has 144 valence electrons. The molecule has 0 radical (unpaired) electrons. The van der Waals surface area contributed by atoms with Gasteiger partial charge in [-0.1, -0.05) is 0 Å². The van der Waals surface area contributed by atoms with Gasteiger partial charge < -0.3 is 14.2 Å². The number of likely N-dealkylation sites (tertiary alicyclic amines) is 1. The summed E-state index contributed by atoms with van der Waals surface area (Å²) in [4.78, 5) is 25.7. The molecular weight excluding hydrogens is 342 g/mol. The molecule has 0 aliphatic carbocycles. The second-order valence-corrected chi connectivity index (χ2v) is 7.34. The fourth-order valence-electron chi connectivity index (χ4n) is 3.96. The molecule has 2 aliphatic heterocycles. The summed E-state index contributed by atoms with van der Waals surface area (Å²) in [6.45, 7) is 6.04. The van der Waals surface area contributed by atoms with Gasteiger partial charge in [-0.3, -0.25) is 14.7 Å². The number of nitrogens with zero attached hydrogens (tertiary/aromatic N) is 5. The van der Waals surface area contributed by atoms with E-state index in [-0.39, 0.29) is 5.91 Å². The van der Waals surface area contributed by atoms with Gasteiger partial charge in [0.15, 0.2) is 0 Å². The van der Waals surface area contributed by atoms with Crippen molar-refractivity contribution in [1.82, 2.24) is 24.3 Å². The molecule has 4 heterocycles. The van der Waals surface area contributed by atoms with E-state index in [1.165, 1.54) is 5.56 Å². The number of rotatable bonds is 5. The van der Waals surface area contributed by atoms with Crippen LogP contribution >= 0.6 is 0 Å². The van der Waals surface area contributed by atoms with E-state index < -0.39 is 0 Å². The number of aromatic nitrogens is 3. The molecule has 2 fully saturated rings. The Morgan fingerprint density at radius 2 is 1.96 bits per heavy atom. The van der Waals surface area contributed by atoms with Crippen molar-refractivity contribution in [2.24, 2.45) is 0 Å². The predicted octanol–water partition coefficient (Wildman–Crippen LogP) is 1.36. The van der Waals surface area contributed by atoms with E-state index in [9.17, 15) is 4.79 Å². The maximum absolute atomic E-state index is 12.8. The molecule has 0 aromatic carbocycles. The molecule has 4 rings (SSSR count). The minimum Gasteiger partial charge on any atom is -0.379 e. The van der Waals surface area contributed by atoms with E-state index >= 15 is 0 Å². The lowest BCUT2D eigenvalue weighted by Crippen LogP contribution is -2.47. The normalized spacial score (nSPS) is 21.3. The van der Waals surface area contributed by atoms with Crippen LogP contribution < -0.4 is 0 Å². The van der Waals surface area contributed by atoms with Crippen LogP contribution in [0.5, 0.6) is 0 Å². The highest BCUT2D eigenvalue weighted by molar-refractivity contribution is 5.78. The van der Waals surface area contributed by atoms with E-state index in [1.54, 1.807) is 0 Å². The molecular formula is C20H27N5O2. The van der Waals surface area contributed by atoms with Crippen LogP contribution in [0.3, 0.4) is 0 Å². The van der Waals surface area contributed by atoms with E-state index in [0.717, 1.165) is 64.6 Å². The number of pyridine rings is 1. The summed E-state index contributed by atoms with van der Waals surface area (Å²) >= 11 is 0. The Hall–Kier alpha value is -2.25. The van der Waals surface area contributed by atoms with Crippen LogP contribution in [0.25, 0.3) is 0 Å². The molecule has 0 saturated carbocycles. The first-order chi connectivity index (χ1) is 13.3. The molecule has 7 heteroatoms. The van der Waals surface area contributed by atoms with E-state index in [4.69, 9.17) is 4.74 Å². The molecule has 2 saturated heterocycles. The minimum absolute atomic E-state index is 0.230.